The van der Waals surface area contributed by atoms with Crippen molar-refractivity contribution in [3.05, 3.63) is 0 Å². The normalized spacial score (nSPS) is 15.4. The second-order valence-electron chi connectivity index (χ2n) is 12.2. The Hall–Kier alpha value is -3.37. The molecule has 25 heteroatoms. The topological polar surface area (TPSA) is 316 Å². The largest absolute Gasteiger partial charge is 0.472 e. The average molecular weight is 851 g/mol. The Balaban J connectivity index is 4.66. The molecule has 0 spiro atoms. The zero-order valence-corrected chi connectivity index (χ0v) is 34.2. The molecule has 0 aliphatic carbocycles. The van der Waals surface area contributed by atoms with Crippen LogP contribution in [0.5, 0.6) is 0 Å². The van der Waals surface area contributed by atoms with Crippen molar-refractivity contribution in [1.29, 1.82) is 0 Å². The van der Waals surface area contributed by atoms with Crippen molar-refractivity contribution in [3.63, 3.8) is 0 Å². The number of carbonyl (C=O) groups is 7. The molecule has 4 amide bonds. The molecule has 0 saturated heterocycles. The number of amides is 4. The molecule has 6 atom stereocenters. The maximum Gasteiger partial charge on any atom is 0.472 e. The van der Waals surface area contributed by atoms with Gasteiger partial charge in [0.25, 0.3) is 0 Å². The Morgan fingerprint density at radius 3 is 1.23 bits per heavy atom. The number of ether oxygens (including phenoxy) is 4. The van der Waals surface area contributed by atoms with E-state index in [0.29, 0.717) is 12.8 Å². The molecule has 2 unspecified atom stereocenters. The number of esters is 2. The summed E-state index contributed by atoms with van der Waals surface area (Å²) in [7, 11) is -9.39. The van der Waals surface area contributed by atoms with Crippen molar-refractivity contribution >= 4 is 57.0 Å². The van der Waals surface area contributed by atoms with Crippen molar-refractivity contribution in [3.8, 4) is 0 Å². The minimum absolute atomic E-state index is 0.109. The van der Waals surface area contributed by atoms with E-state index >= 15 is 0 Å². The van der Waals surface area contributed by atoms with Gasteiger partial charge in [-0.3, -0.25) is 46.9 Å². The van der Waals surface area contributed by atoms with E-state index in [1.807, 2.05) is 0 Å². The van der Waals surface area contributed by atoms with Gasteiger partial charge in [0.1, 0.15) is 23.8 Å². The van der Waals surface area contributed by atoms with E-state index in [1.165, 1.54) is 27.7 Å². The summed E-state index contributed by atoms with van der Waals surface area (Å²) >= 11 is 0. The Bertz CT molecular complexity index is 1270. The minimum atomic E-state index is -4.70. The van der Waals surface area contributed by atoms with Gasteiger partial charge >= 0.3 is 33.6 Å². The molecular formula is C31H56N4O19P2. The molecule has 0 rings (SSSR count). The quantitative estimate of drug-likeness (QED) is 0.0228. The number of urea groups is 1. The summed E-state index contributed by atoms with van der Waals surface area (Å²) in [6.45, 7) is 5.42. The smallest absolute Gasteiger partial charge is 0.463 e. The van der Waals surface area contributed by atoms with Gasteiger partial charge in [-0.25, -0.2) is 13.9 Å². The first-order valence-corrected chi connectivity index (χ1v) is 20.4. The molecular weight excluding hydrogens is 794 g/mol. The van der Waals surface area contributed by atoms with Crippen molar-refractivity contribution < 1.29 is 89.5 Å². The SMILES string of the molecule is CC(=O)CC(=O)N[C@H](COCC[C@@H](C)OC(C)=O)COP(=O)(O)OCCNC(=O)NCCOP(=O)(O)OC[C@@H](COCC[C@@H](C)OC(C)=O)NC(=O)CC(C)=O. The number of phosphoric acid groups is 2. The Labute approximate surface area is 325 Å². The van der Waals surface area contributed by atoms with Gasteiger partial charge in [-0.1, -0.05) is 0 Å². The molecule has 0 fully saturated rings. The van der Waals surface area contributed by atoms with Gasteiger partial charge in [-0.2, -0.15) is 0 Å². The Kier molecular flexibility index (Phi) is 27.2. The van der Waals surface area contributed by atoms with Gasteiger partial charge in [0.05, 0.1) is 77.8 Å². The lowest BCUT2D eigenvalue weighted by molar-refractivity contribution is -0.147. The molecule has 56 heavy (non-hydrogen) atoms. The van der Waals surface area contributed by atoms with Crippen molar-refractivity contribution in [2.75, 3.05) is 65.9 Å². The number of ketones is 2. The maximum atomic E-state index is 12.4. The van der Waals surface area contributed by atoms with Crippen LogP contribution in [0.1, 0.15) is 67.2 Å². The van der Waals surface area contributed by atoms with Crippen LogP contribution in [0.25, 0.3) is 0 Å². The second kappa shape index (κ2) is 28.9. The molecule has 0 bridgehead atoms. The molecule has 324 valence electrons. The number of phosphoric ester groups is 2. The number of hydrogen-bond donors (Lipinski definition) is 6. The highest BCUT2D eigenvalue weighted by molar-refractivity contribution is 7.47. The zero-order chi connectivity index (χ0) is 42.7. The van der Waals surface area contributed by atoms with Gasteiger partial charge in [0.2, 0.25) is 11.8 Å². The van der Waals surface area contributed by atoms with Crippen LogP contribution in [0, 0.1) is 0 Å². The number of Topliss-reactive ketones (excluding diaryl/α,β-unsaturated/α-hetero) is 2. The van der Waals surface area contributed by atoms with E-state index in [0.717, 1.165) is 0 Å². The van der Waals surface area contributed by atoms with Gasteiger partial charge in [0.15, 0.2) is 0 Å². The molecule has 0 aliphatic heterocycles. The number of carbonyl (C=O) groups excluding carboxylic acids is 7. The monoisotopic (exact) mass is 850 g/mol. The first-order valence-electron chi connectivity index (χ1n) is 17.4. The van der Waals surface area contributed by atoms with Gasteiger partial charge in [-0.05, 0) is 27.7 Å². The van der Waals surface area contributed by atoms with E-state index < -0.39 is 121 Å². The van der Waals surface area contributed by atoms with Gasteiger partial charge in [0, 0.05) is 39.8 Å². The van der Waals surface area contributed by atoms with Crippen molar-refractivity contribution in [2.45, 2.75) is 91.5 Å². The third-order valence-corrected chi connectivity index (χ3v) is 8.39. The predicted octanol–water partition coefficient (Wildman–Crippen LogP) is 0.197. The van der Waals surface area contributed by atoms with E-state index in [2.05, 4.69) is 21.3 Å². The lowest BCUT2D eigenvalue weighted by Crippen LogP contribution is -2.42. The number of rotatable bonds is 32. The van der Waals surface area contributed by atoms with Crippen LogP contribution in [0.2, 0.25) is 0 Å². The first kappa shape index (κ1) is 52.6. The lowest BCUT2D eigenvalue weighted by atomic mass is 10.2. The van der Waals surface area contributed by atoms with Gasteiger partial charge in [-0.15, -0.1) is 0 Å². The highest BCUT2D eigenvalue weighted by Crippen LogP contribution is 2.43. The fraction of sp³-hybridized carbons (Fsp3) is 0.774. The highest BCUT2D eigenvalue weighted by atomic mass is 31.2. The van der Waals surface area contributed by atoms with E-state index in [-0.39, 0.29) is 39.5 Å². The summed E-state index contributed by atoms with van der Waals surface area (Å²) in [4.78, 5) is 101. The van der Waals surface area contributed by atoms with Crippen LogP contribution in [0.15, 0.2) is 0 Å². The summed E-state index contributed by atoms with van der Waals surface area (Å²) in [6, 6.07) is -2.73. The third kappa shape index (κ3) is 31.8. The third-order valence-electron chi connectivity index (χ3n) is 6.42. The first-order chi connectivity index (χ1) is 26.1. The summed E-state index contributed by atoms with van der Waals surface area (Å²) < 4.78 is 65.1. The van der Waals surface area contributed by atoms with Gasteiger partial charge < -0.3 is 50.0 Å². The minimum Gasteiger partial charge on any atom is -0.463 e. The molecule has 0 heterocycles. The van der Waals surface area contributed by atoms with E-state index in [1.54, 1.807) is 13.8 Å². The molecule has 0 aromatic rings. The van der Waals surface area contributed by atoms with E-state index in [4.69, 9.17) is 37.0 Å². The molecule has 0 aromatic heterocycles. The second-order valence-corrected chi connectivity index (χ2v) is 15.1. The Morgan fingerprint density at radius 1 is 0.554 bits per heavy atom. The molecule has 6 N–H and O–H groups in total. The summed E-state index contributed by atoms with van der Waals surface area (Å²) in [5.74, 6) is -3.11. The summed E-state index contributed by atoms with van der Waals surface area (Å²) in [5, 5.41) is 9.52. The molecule has 23 nitrogen and oxygen atoms in total. The number of hydrogen-bond acceptors (Lipinski definition) is 17. The lowest BCUT2D eigenvalue weighted by Gasteiger charge is -2.21. The molecule has 0 aliphatic rings. The standard InChI is InChI=1S/C31H56N4O19P2/c1-21(36)15-29(40)34-27(17-47-11-7-23(3)53-25(5)38)19-51-55(43,44)49-13-9-32-31(42)33-10-14-50-56(45,46)52-20-28(35-30(41)16-22(2)37)18-48-12-8-24(4)54-26(6)39/h23-24,27-28H,7-20H2,1-6H3,(H,34,40)(H,35,41)(H,43,44)(H,45,46)(H2,32,33,42)/t23-,24-,27-,28-/m1/s1. The molecule has 0 radical (unpaired) electrons. The summed E-state index contributed by atoms with van der Waals surface area (Å²) in [5.41, 5.74) is 0. The van der Waals surface area contributed by atoms with Crippen molar-refractivity contribution in [2.24, 2.45) is 0 Å². The zero-order valence-electron chi connectivity index (χ0n) is 32.4. The molecule has 0 saturated carbocycles. The maximum absolute atomic E-state index is 12.4. The van der Waals surface area contributed by atoms with Crippen LogP contribution in [0.3, 0.4) is 0 Å². The predicted molar refractivity (Wildman–Crippen MR) is 193 cm³/mol. The van der Waals surface area contributed by atoms with Crippen molar-refractivity contribution in [1.82, 2.24) is 21.3 Å². The van der Waals surface area contributed by atoms with Crippen LogP contribution in [-0.4, -0.2) is 141 Å². The van der Waals surface area contributed by atoms with Crippen LogP contribution in [-0.2, 0) is 74.9 Å². The highest BCUT2D eigenvalue weighted by Gasteiger charge is 2.26. The average Bonchev–Trinajstić information content (AvgIpc) is 3.05. The fourth-order valence-electron chi connectivity index (χ4n) is 4.06. The fourth-order valence-corrected chi connectivity index (χ4v) is 5.59. The summed E-state index contributed by atoms with van der Waals surface area (Å²) in [6.07, 6.45) is -1.11. The van der Waals surface area contributed by atoms with Crippen LogP contribution >= 0.6 is 15.6 Å². The number of nitrogens with one attached hydrogen (secondary N) is 4. The van der Waals surface area contributed by atoms with Crippen LogP contribution in [0.4, 0.5) is 4.79 Å². The Morgan fingerprint density at radius 2 is 0.911 bits per heavy atom. The molecule has 0 aromatic carbocycles. The van der Waals surface area contributed by atoms with E-state index in [9.17, 15) is 52.5 Å². The van der Waals surface area contributed by atoms with Crippen LogP contribution < -0.4 is 21.3 Å².